The zero-order chi connectivity index (χ0) is 13.1. The quantitative estimate of drug-likeness (QED) is 0.898. The van der Waals surface area contributed by atoms with Crippen LogP contribution in [0.2, 0.25) is 0 Å². The Morgan fingerprint density at radius 1 is 1.28 bits per heavy atom. The van der Waals surface area contributed by atoms with Crippen molar-refractivity contribution in [2.75, 3.05) is 12.4 Å². The van der Waals surface area contributed by atoms with Crippen LogP contribution in [-0.4, -0.2) is 28.1 Å². The van der Waals surface area contributed by atoms with Gasteiger partial charge in [-0.2, -0.15) is 0 Å². The average Bonchev–Trinajstić information content (AvgIpc) is 2.37. The molecule has 0 bridgehead atoms. The fourth-order valence-corrected chi connectivity index (χ4v) is 1.72. The maximum atomic E-state index is 5.31. The van der Waals surface area contributed by atoms with Crippen LogP contribution in [0.15, 0.2) is 18.6 Å². The second-order valence-corrected chi connectivity index (χ2v) is 4.53. The van der Waals surface area contributed by atoms with Gasteiger partial charge in [-0.3, -0.25) is 0 Å². The number of pyridine rings is 1. The van der Waals surface area contributed by atoms with Crippen molar-refractivity contribution in [3.63, 3.8) is 0 Å². The van der Waals surface area contributed by atoms with Gasteiger partial charge in [-0.05, 0) is 26.8 Å². The van der Waals surface area contributed by atoms with Crippen LogP contribution in [0, 0.1) is 0 Å². The Balaban J connectivity index is 2.57. The molecule has 0 amide bonds. The monoisotopic (exact) mass is 246 g/mol. The Morgan fingerprint density at radius 3 is 2.72 bits per heavy atom. The number of nitrogens with one attached hydrogen (secondary N) is 1. The van der Waals surface area contributed by atoms with Crippen LogP contribution >= 0.6 is 0 Å². The first-order valence-corrected chi connectivity index (χ1v) is 6.01. The maximum Gasteiger partial charge on any atom is 0.153 e. The molecule has 0 aliphatic rings. The molecule has 2 aromatic heterocycles. The molecule has 0 unspecified atom stereocenters. The standard InChI is InChI=1S/C13H18N4O/c1-8(2)16-13-12-10(6-14-7-15-12)5-11(17-13)9(3)18-4/h5-9H,1-4H3,(H,16,17)/t9-/m1/s1. The van der Waals surface area contributed by atoms with Crippen molar-refractivity contribution in [1.82, 2.24) is 15.0 Å². The molecule has 0 spiro atoms. The molecule has 96 valence electrons. The molecule has 18 heavy (non-hydrogen) atoms. The highest BCUT2D eigenvalue weighted by atomic mass is 16.5. The molecule has 0 aromatic carbocycles. The van der Waals surface area contributed by atoms with E-state index in [1.165, 1.54) is 6.33 Å². The highest BCUT2D eigenvalue weighted by Crippen LogP contribution is 2.24. The van der Waals surface area contributed by atoms with Gasteiger partial charge in [-0.25, -0.2) is 15.0 Å². The first kappa shape index (κ1) is 12.7. The van der Waals surface area contributed by atoms with Gasteiger partial charge in [-0.1, -0.05) is 0 Å². The molecule has 1 atom stereocenters. The second kappa shape index (κ2) is 5.27. The van der Waals surface area contributed by atoms with E-state index in [0.717, 1.165) is 22.4 Å². The third-order valence-electron chi connectivity index (χ3n) is 2.70. The lowest BCUT2D eigenvalue weighted by atomic mass is 10.2. The maximum absolute atomic E-state index is 5.31. The van der Waals surface area contributed by atoms with E-state index in [2.05, 4.69) is 34.1 Å². The van der Waals surface area contributed by atoms with Crippen LogP contribution in [0.5, 0.6) is 0 Å². The van der Waals surface area contributed by atoms with Crippen molar-refractivity contribution >= 4 is 16.7 Å². The fraction of sp³-hybridized carbons (Fsp3) is 0.462. The first-order valence-electron chi connectivity index (χ1n) is 6.01. The van der Waals surface area contributed by atoms with E-state index < -0.39 is 0 Å². The number of nitrogens with zero attached hydrogens (tertiary/aromatic N) is 3. The number of fused-ring (bicyclic) bond motifs is 1. The number of ether oxygens (including phenoxy) is 1. The lowest BCUT2D eigenvalue weighted by molar-refractivity contribution is 0.116. The number of hydrogen-bond donors (Lipinski definition) is 1. The molecule has 5 nitrogen and oxygen atoms in total. The topological polar surface area (TPSA) is 59.9 Å². The zero-order valence-electron chi connectivity index (χ0n) is 11.1. The molecule has 0 saturated heterocycles. The normalized spacial score (nSPS) is 12.9. The highest BCUT2D eigenvalue weighted by Gasteiger charge is 2.12. The summed E-state index contributed by atoms with van der Waals surface area (Å²) in [4.78, 5) is 12.9. The summed E-state index contributed by atoms with van der Waals surface area (Å²) in [5.41, 5.74) is 1.72. The number of hydrogen-bond acceptors (Lipinski definition) is 5. The lowest BCUT2D eigenvalue weighted by Gasteiger charge is -2.15. The van der Waals surface area contributed by atoms with Crippen molar-refractivity contribution in [3.8, 4) is 0 Å². The summed E-state index contributed by atoms with van der Waals surface area (Å²) in [5.74, 6) is 0.781. The van der Waals surface area contributed by atoms with Gasteiger partial charge in [0.05, 0.1) is 11.8 Å². The van der Waals surface area contributed by atoms with E-state index in [0.29, 0.717) is 6.04 Å². The summed E-state index contributed by atoms with van der Waals surface area (Å²) < 4.78 is 5.31. The first-order chi connectivity index (χ1) is 8.61. The van der Waals surface area contributed by atoms with Gasteiger partial charge in [0.2, 0.25) is 0 Å². The minimum Gasteiger partial charge on any atom is -0.375 e. The molecule has 0 radical (unpaired) electrons. The Hall–Kier alpha value is -1.75. The van der Waals surface area contributed by atoms with Crippen LogP contribution in [0.25, 0.3) is 10.9 Å². The van der Waals surface area contributed by atoms with Crippen LogP contribution in [-0.2, 0) is 4.74 Å². The summed E-state index contributed by atoms with van der Waals surface area (Å²) in [6, 6.07) is 2.26. The van der Waals surface area contributed by atoms with E-state index >= 15 is 0 Å². The average molecular weight is 246 g/mol. The number of methoxy groups -OCH3 is 1. The Morgan fingerprint density at radius 2 is 2.06 bits per heavy atom. The lowest BCUT2D eigenvalue weighted by Crippen LogP contribution is -2.13. The van der Waals surface area contributed by atoms with Crippen LogP contribution < -0.4 is 5.32 Å². The molecule has 1 N–H and O–H groups in total. The van der Waals surface area contributed by atoms with Gasteiger partial charge < -0.3 is 10.1 Å². The fourth-order valence-electron chi connectivity index (χ4n) is 1.72. The van der Waals surface area contributed by atoms with E-state index in [4.69, 9.17) is 4.74 Å². The molecule has 0 aliphatic heterocycles. The van der Waals surface area contributed by atoms with Gasteiger partial charge in [-0.15, -0.1) is 0 Å². The minimum atomic E-state index is -0.0534. The van der Waals surface area contributed by atoms with Gasteiger partial charge in [0.1, 0.15) is 11.8 Å². The van der Waals surface area contributed by atoms with Gasteiger partial charge >= 0.3 is 0 Å². The molecule has 0 aliphatic carbocycles. The van der Waals surface area contributed by atoms with E-state index in [-0.39, 0.29) is 6.10 Å². The predicted octanol–water partition coefficient (Wildman–Crippen LogP) is 2.55. The van der Waals surface area contributed by atoms with Crippen molar-refractivity contribution in [2.45, 2.75) is 32.9 Å². The molecule has 2 aromatic rings. The Bertz CT molecular complexity index is 542. The van der Waals surface area contributed by atoms with E-state index in [1.807, 2.05) is 13.0 Å². The number of anilines is 1. The van der Waals surface area contributed by atoms with Crippen molar-refractivity contribution in [3.05, 3.63) is 24.3 Å². The number of rotatable bonds is 4. The van der Waals surface area contributed by atoms with E-state index in [1.54, 1.807) is 13.3 Å². The molecule has 2 heterocycles. The minimum absolute atomic E-state index is 0.0534. The molecule has 5 heteroatoms. The third-order valence-corrected chi connectivity index (χ3v) is 2.70. The highest BCUT2D eigenvalue weighted by molar-refractivity contribution is 5.87. The number of aromatic nitrogens is 3. The summed E-state index contributed by atoms with van der Waals surface area (Å²) in [7, 11) is 1.67. The summed E-state index contributed by atoms with van der Waals surface area (Å²) in [5, 5.41) is 4.28. The van der Waals surface area contributed by atoms with Crippen molar-refractivity contribution in [2.24, 2.45) is 0 Å². The molecule has 0 saturated carbocycles. The van der Waals surface area contributed by atoms with Crippen molar-refractivity contribution < 1.29 is 4.74 Å². The Kier molecular flexibility index (Phi) is 3.72. The summed E-state index contributed by atoms with van der Waals surface area (Å²) in [6.45, 7) is 6.11. The van der Waals surface area contributed by atoms with Gasteiger partial charge in [0.25, 0.3) is 0 Å². The van der Waals surface area contributed by atoms with Gasteiger partial charge in [0.15, 0.2) is 5.82 Å². The SMILES string of the molecule is CO[C@H](C)c1cc2cncnc2c(NC(C)C)n1. The Labute approximate surface area is 107 Å². The van der Waals surface area contributed by atoms with Crippen LogP contribution in [0.3, 0.4) is 0 Å². The predicted molar refractivity (Wildman–Crippen MR) is 71.5 cm³/mol. The van der Waals surface area contributed by atoms with Crippen LogP contribution in [0.4, 0.5) is 5.82 Å². The smallest absolute Gasteiger partial charge is 0.153 e. The molecule has 2 rings (SSSR count). The molecular formula is C13H18N4O. The summed E-state index contributed by atoms with van der Waals surface area (Å²) >= 11 is 0. The second-order valence-electron chi connectivity index (χ2n) is 4.53. The van der Waals surface area contributed by atoms with E-state index in [9.17, 15) is 0 Å². The summed E-state index contributed by atoms with van der Waals surface area (Å²) in [6.07, 6.45) is 3.28. The zero-order valence-corrected chi connectivity index (χ0v) is 11.1. The van der Waals surface area contributed by atoms with Gasteiger partial charge in [0, 0.05) is 24.7 Å². The molecular weight excluding hydrogens is 228 g/mol. The van der Waals surface area contributed by atoms with Crippen LogP contribution in [0.1, 0.15) is 32.6 Å². The van der Waals surface area contributed by atoms with Crippen molar-refractivity contribution in [1.29, 1.82) is 0 Å². The molecule has 0 fully saturated rings. The third kappa shape index (κ3) is 2.56. The largest absolute Gasteiger partial charge is 0.375 e.